The van der Waals surface area contributed by atoms with Crippen molar-refractivity contribution in [3.63, 3.8) is 0 Å². The van der Waals surface area contributed by atoms with Gasteiger partial charge in [0.1, 0.15) is 5.69 Å². The van der Waals surface area contributed by atoms with Gasteiger partial charge in [0.15, 0.2) is 5.76 Å². The van der Waals surface area contributed by atoms with E-state index in [4.69, 9.17) is 9.63 Å². The Hall–Kier alpha value is -3.55. The highest BCUT2D eigenvalue weighted by atomic mass is 32.2. The molecule has 2 N–H and O–H groups in total. The Labute approximate surface area is 234 Å². The average Bonchev–Trinajstić information content (AvgIpc) is 3.30. The van der Waals surface area contributed by atoms with Gasteiger partial charge in [0.05, 0.1) is 29.8 Å². The maximum absolute atomic E-state index is 11.9. The lowest BCUT2D eigenvalue weighted by Gasteiger charge is -2.33. The monoisotopic (exact) mass is 544 g/mol. The lowest BCUT2D eigenvalue weighted by Crippen LogP contribution is -2.22. The van der Waals surface area contributed by atoms with E-state index in [1.807, 2.05) is 43.5 Å². The Bertz CT molecular complexity index is 1480. The summed E-state index contributed by atoms with van der Waals surface area (Å²) in [6.07, 6.45) is 2.00. The number of aryl methyl sites for hydroxylation is 1. The molecule has 2 heterocycles. The van der Waals surface area contributed by atoms with E-state index in [9.17, 15) is 9.90 Å². The van der Waals surface area contributed by atoms with Crippen LogP contribution in [0.4, 0.5) is 5.69 Å². The molecule has 1 aromatic heterocycles. The van der Waals surface area contributed by atoms with Gasteiger partial charge in [-0.05, 0) is 69.4 Å². The van der Waals surface area contributed by atoms with Crippen molar-refractivity contribution in [2.24, 2.45) is 0 Å². The molecule has 1 aliphatic heterocycles. The number of hydrogen-bond acceptors (Lipinski definition) is 6. The Morgan fingerprint density at radius 2 is 1.56 bits per heavy atom. The first-order valence-electron chi connectivity index (χ1n) is 12.9. The molecule has 3 aromatic carbocycles. The van der Waals surface area contributed by atoms with Gasteiger partial charge in [-0.1, -0.05) is 77.3 Å². The van der Waals surface area contributed by atoms with Gasteiger partial charge in [-0.2, -0.15) is 0 Å². The summed E-state index contributed by atoms with van der Waals surface area (Å²) in [6, 6.07) is 18.3. The third-order valence-corrected chi connectivity index (χ3v) is 7.33. The number of aliphatic hydroxyl groups is 1. The molecule has 0 spiro atoms. The van der Waals surface area contributed by atoms with Crippen molar-refractivity contribution in [1.82, 2.24) is 5.16 Å². The number of aromatic nitrogens is 1. The second kappa shape index (κ2) is 11.3. The number of anilines is 1. The van der Waals surface area contributed by atoms with E-state index in [0.717, 1.165) is 67.2 Å². The molecule has 7 heteroatoms. The molecule has 4 aromatic rings. The van der Waals surface area contributed by atoms with Crippen LogP contribution in [0.15, 0.2) is 59.1 Å². The number of fused-ring (bicyclic) bond motifs is 3. The average molecular weight is 545 g/mol. The molecule has 0 radical (unpaired) electrons. The molecular formula is C32H36N2O4S. The van der Waals surface area contributed by atoms with Crippen LogP contribution in [-0.2, 0) is 17.8 Å². The molecule has 1 aliphatic rings. The van der Waals surface area contributed by atoms with Crippen molar-refractivity contribution in [3.8, 4) is 33.6 Å². The van der Waals surface area contributed by atoms with E-state index in [1.54, 1.807) is 32.7 Å². The summed E-state index contributed by atoms with van der Waals surface area (Å²) in [5, 5.41) is 22.8. The highest BCUT2D eigenvalue weighted by molar-refractivity contribution is 7.99. The van der Waals surface area contributed by atoms with Crippen LogP contribution < -0.4 is 4.31 Å². The number of carboxylic acids is 1. The zero-order chi connectivity index (χ0) is 28.5. The Morgan fingerprint density at radius 3 is 2.13 bits per heavy atom. The normalized spacial score (nSPS) is 12.4. The number of aliphatic carboxylic acids is 1. The quantitative estimate of drug-likeness (QED) is 0.250. The van der Waals surface area contributed by atoms with Crippen LogP contribution in [-0.4, -0.2) is 33.2 Å². The minimum Gasteiger partial charge on any atom is -0.481 e. The van der Waals surface area contributed by atoms with Gasteiger partial charge in [-0.15, -0.1) is 0 Å². The van der Waals surface area contributed by atoms with Gasteiger partial charge in [0.25, 0.3) is 0 Å². The summed E-state index contributed by atoms with van der Waals surface area (Å²) < 4.78 is 8.12. The van der Waals surface area contributed by atoms with Crippen molar-refractivity contribution < 1.29 is 19.5 Å². The fourth-order valence-corrected chi connectivity index (χ4v) is 5.66. The molecule has 6 nitrogen and oxygen atoms in total. The molecule has 0 saturated carbocycles. The summed E-state index contributed by atoms with van der Waals surface area (Å²) in [5.41, 5.74) is 10.5. The van der Waals surface area contributed by atoms with E-state index in [2.05, 4.69) is 47.6 Å². The lowest BCUT2D eigenvalue weighted by molar-refractivity contribution is -0.136. The molecule has 0 amide bonds. The lowest BCUT2D eigenvalue weighted by atomic mass is 9.81. The number of rotatable bonds is 5. The molecule has 5 rings (SSSR count). The van der Waals surface area contributed by atoms with Crippen molar-refractivity contribution in [1.29, 1.82) is 0 Å². The first-order valence-corrected chi connectivity index (χ1v) is 14.1. The SMILES string of the molecule is CC(C)(C)O.CSN1Cc2noc(-c3ccccc3)c2-c2c(C)c(-c3ccc(C)cc3)c(CC(=O)O)c(C)c21. The second-order valence-electron chi connectivity index (χ2n) is 10.9. The Morgan fingerprint density at radius 1 is 0.949 bits per heavy atom. The van der Waals surface area contributed by atoms with E-state index in [0.29, 0.717) is 6.54 Å². The largest absolute Gasteiger partial charge is 0.481 e. The van der Waals surface area contributed by atoms with Gasteiger partial charge >= 0.3 is 5.97 Å². The van der Waals surface area contributed by atoms with Crippen molar-refractivity contribution >= 4 is 23.6 Å². The maximum atomic E-state index is 11.9. The molecule has 0 fully saturated rings. The number of hydrogen-bond donors (Lipinski definition) is 2. The van der Waals surface area contributed by atoms with Gasteiger partial charge < -0.3 is 19.0 Å². The summed E-state index contributed by atoms with van der Waals surface area (Å²) in [7, 11) is 0. The van der Waals surface area contributed by atoms with Crippen LogP contribution in [0.3, 0.4) is 0 Å². The highest BCUT2D eigenvalue weighted by Gasteiger charge is 2.34. The van der Waals surface area contributed by atoms with Crippen molar-refractivity contribution in [3.05, 3.63) is 82.5 Å². The fraction of sp³-hybridized carbons (Fsp3) is 0.312. The minimum atomic E-state index is -0.835. The number of carbonyl (C=O) groups is 1. The summed E-state index contributed by atoms with van der Waals surface area (Å²) in [5.74, 6) is -0.0843. The van der Waals surface area contributed by atoms with E-state index < -0.39 is 11.6 Å². The van der Waals surface area contributed by atoms with Gasteiger partial charge in [-0.3, -0.25) is 4.79 Å². The topological polar surface area (TPSA) is 86.8 Å². The first-order chi connectivity index (χ1) is 18.4. The van der Waals surface area contributed by atoms with Crippen LogP contribution >= 0.6 is 11.9 Å². The van der Waals surface area contributed by atoms with Crippen molar-refractivity contribution in [2.75, 3.05) is 10.6 Å². The smallest absolute Gasteiger partial charge is 0.307 e. The Kier molecular flexibility index (Phi) is 8.23. The highest BCUT2D eigenvalue weighted by Crippen LogP contribution is 2.52. The van der Waals surface area contributed by atoms with Crippen LogP contribution in [0.5, 0.6) is 0 Å². The zero-order valence-corrected chi connectivity index (χ0v) is 24.4. The molecule has 39 heavy (non-hydrogen) atoms. The van der Waals surface area contributed by atoms with Gasteiger partial charge in [0, 0.05) is 17.4 Å². The number of nitrogens with zero attached hydrogens (tertiary/aromatic N) is 2. The van der Waals surface area contributed by atoms with Crippen LogP contribution in [0, 0.1) is 20.8 Å². The predicted molar refractivity (Wildman–Crippen MR) is 160 cm³/mol. The molecule has 0 aliphatic carbocycles. The molecule has 0 bridgehead atoms. The summed E-state index contributed by atoms with van der Waals surface area (Å²) >= 11 is 1.62. The second-order valence-corrected chi connectivity index (χ2v) is 11.7. The molecule has 0 unspecified atom stereocenters. The zero-order valence-electron chi connectivity index (χ0n) is 23.6. The number of benzene rings is 3. The van der Waals surface area contributed by atoms with Gasteiger partial charge in [-0.25, -0.2) is 0 Å². The van der Waals surface area contributed by atoms with E-state index >= 15 is 0 Å². The Balaban J connectivity index is 0.000000648. The summed E-state index contributed by atoms with van der Waals surface area (Å²) in [6.45, 7) is 12.0. The van der Waals surface area contributed by atoms with Crippen LogP contribution in [0.1, 0.15) is 48.7 Å². The maximum Gasteiger partial charge on any atom is 0.307 e. The van der Waals surface area contributed by atoms with Crippen LogP contribution in [0.25, 0.3) is 33.6 Å². The van der Waals surface area contributed by atoms with Crippen molar-refractivity contribution in [2.45, 2.75) is 60.1 Å². The third-order valence-electron chi connectivity index (χ3n) is 6.58. The summed E-state index contributed by atoms with van der Waals surface area (Å²) in [4.78, 5) is 11.9. The molecule has 0 atom stereocenters. The van der Waals surface area contributed by atoms with E-state index in [1.165, 1.54) is 0 Å². The number of carboxylic acid groups (broad SMARTS) is 1. The van der Waals surface area contributed by atoms with E-state index in [-0.39, 0.29) is 6.42 Å². The van der Waals surface area contributed by atoms with Gasteiger partial charge in [0.2, 0.25) is 0 Å². The standard InChI is InChI=1S/C28H26N2O3S.C4H10O/c1-16-10-12-19(13-11-16)24-18(3)25-26-22(29-33-28(26)20-8-6-5-7-9-20)15-30(34-4)27(25)17(2)21(24)14-23(31)32;1-4(2,3)5/h5-13H,14-15H2,1-4H3,(H,31,32);5H,1-3H3. The predicted octanol–water partition coefficient (Wildman–Crippen LogP) is 7.60. The van der Waals surface area contributed by atoms with Crippen LogP contribution in [0.2, 0.25) is 0 Å². The molecule has 204 valence electrons. The molecule has 0 saturated heterocycles. The molecular weight excluding hydrogens is 508 g/mol. The minimum absolute atomic E-state index is 0.0343. The first kappa shape index (κ1) is 28.5. The fourth-order valence-electron chi connectivity index (χ4n) is 4.99. The third kappa shape index (κ3) is 6.05.